The number of aliphatic hydroxyl groups excluding tert-OH is 1. The maximum Gasteiger partial charge on any atom is 0.414 e. The maximum absolute atomic E-state index is 10.1. The molecule has 0 radical (unpaired) electrons. The fourth-order valence-corrected chi connectivity index (χ4v) is 2.93. The maximum atomic E-state index is 10.1. The Morgan fingerprint density at radius 2 is 1.58 bits per heavy atom. The van der Waals surface area contributed by atoms with Gasteiger partial charge in [-0.3, -0.25) is 4.90 Å². The zero-order valence-electron chi connectivity index (χ0n) is 14.2. The first-order valence-electron chi connectivity index (χ1n) is 8.66. The van der Waals surface area contributed by atoms with Gasteiger partial charge >= 0.3 is 11.9 Å². The predicted octanol–water partition coefficient (Wildman–Crippen LogP) is 0.148. The number of β-amino-alcohol motifs (C(OH)–C–C–N with tert-alkyl or cyclic N) is 1. The Balaban J connectivity index is 0.000000413. The third kappa shape index (κ3) is 9.82. The molecule has 2 aliphatic rings. The fourth-order valence-electron chi connectivity index (χ4n) is 2.93. The van der Waals surface area contributed by atoms with E-state index >= 15 is 0 Å². The first-order valence-corrected chi connectivity index (χ1v) is 8.66. The van der Waals surface area contributed by atoms with E-state index in [4.69, 9.17) is 24.5 Å². The molecule has 1 atom stereocenters. The van der Waals surface area contributed by atoms with E-state index < -0.39 is 11.9 Å². The van der Waals surface area contributed by atoms with Gasteiger partial charge in [0.25, 0.3) is 0 Å². The summed E-state index contributed by atoms with van der Waals surface area (Å²) in [5, 5.41) is 28.4. The number of carbonyl (C=O) groups is 2. The first-order chi connectivity index (χ1) is 11.5. The predicted molar refractivity (Wildman–Crippen MR) is 88.0 cm³/mol. The zero-order valence-corrected chi connectivity index (χ0v) is 14.2. The molecule has 1 aliphatic carbocycles. The van der Waals surface area contributed by atoms with Gasteiger partial charge in [-0.05, 0) is 12.8 Å². The molecule has 8 heteroatoms. The van der Waals surface area contributed by atoms with E-state index in [1.165, 1.54) is 38.5 Å². The number of aliphatic carboxylic acids is 2. The van der Waals surface area contributed by atoms with Crippen molar-refractivity contribution in [2.75, 3.05) is 39.4 Å². The lowest BCUT2D eigenvalue weighted by molar-refractivity contribution is -0.159. The number of ether oxygens (including phenoxy) is 1. The van der Waals surface area contributed by atoms with Gasteiger partial charge in [0.2, 0.25) is 0 Å². The second kappa shape index (κ2) is 12.2. The minimum Gasteiger partial charge on any atom is -0.473 e. The summed E-state index contributed by atoms with van der Waals surface area (Å²) in [6.45, 7) is 5.05. The summed E-state index contributed by atoms with van der Waals surface area (Å²) in [6, 6.07) is 0.631. The van der Waals surface area contributed by atoms with Crippen molar-refractivity contribution >= 4 is 11.9 Å². The number of carboxylic acid groups (broad SMARTS) is 2. The van der Waals surface area contributed by atoms with Crippen LogP contribution in [0.4, 0.5) is 0 Å². The Morgan fingerprint density at radius 1 is 1.04 bits per heavy atom. The molecule has 4 N–H and O–H groups in total. The molecular formula is C16H30N2O6. The van der Waals surface area contributed by atoms with E-state index in [9.17, 15) is 5.11 Å². The van der Waals surface area contributed by atoms with E-state index in [0.717, 1.165) is 39.4 Å². The summed E-state index contributed by atoms with van der Waals surface area (Å²) in [5.74, 6) is -3.65. The molecule has 0 spiro atoms. The third-order valence-electron chi connectivity index (χ3n) is 4.25. The Kier molecular flexibility index (Phi) is 10.6. The molecule has 0 aromatic heterocycles. The minimum absolute atomic E-state index is 0.244. The highest BCUT2D eigenvalue weighted by Gasteiger charge is 2.17. The molecule has 2 fully saturated rings. The number of hydrogen-bond acceptors (Lipinski definition) is 6. The van der Waals surface area contributed by atoms with Crippen molar-refractivity contribution in [1.82, 2.24) is 10.2 Å². The molecular weight excluding hydrogens is 316 g/mol. The molecule has 2 rings (SSSR count). The summed E-state index contributed by atoms with van der Waals surface area (Å²) in [6.07, 6.45) is 7.78. The minimum atomic E-state index is -1.82. The van der Waals surface area contributed by atoms with Crippen LogP contribution in [0, 0.1) is 0 Å². The molecule has 1 unspecified atom stereocenters. The van der Waals surface area contributed by atoms with Gasteiger partial charge in [0, 0.05) is 32.2 Å². The topological polar surface area (TPSA) is 119 Å². The van der Waals surface area contributed by atoms with E-state index in [0.29, 0.717) is 6.04 Å². The van der Waals surface area contributed by atoms with Crippen molar-refractivity contribution in [3.8, 4) is 0 Å². The molecule has 1 aliphatic heterocycles. The Morgan fingerprint density at radius 3 is 2.08 bits per heavy atom. The molecule has 140 valence electrons. The van der Waals surface area contributed by atoms with Gasteiger partial charge < -0.3 is 25.4 Å². The molecule has 0 bridgehead atoms. The average molecular weight is 346 g/mol. The van der Waals surface area contributed by atoms with Crippen LogP contribution >= 0.6 is 0 Å². The monoisotopic (exact) mass is 346 g/mol. The summed E-state index contributed by atoms with van der Waals surface area (Å²) >= 11 is 0. The van der Waals surface area contributed by atoms with Crippen LogP contribution in [0.5, 0.6) is 0 Å². The molecule has 1 saturated carbocycles. The lowest BCUT2D eigenvalue weighted by Gasteiger charge is -2.29. The first kappa shape index (κ1) is 20.8. The van der Waals surface area contributed by atoms with Crippen LogP contribution in [0.3, 0.4) is 0 Å². The van der Waals surface area contributed by atoms with Gasteiger partial charge in [0.05, 0.1) is 19.3 Å². The Bertz CT molecular complexity index is 354. The van der Waals surface area contributed by atoms with E-state index in [-0.39, 0.29) is 6.10 Å². The second-order valence-corrected chi connectivity index (χ2v) is 6.27. The van der Waals surface area contributed by atoms with E-state index in [2.05, 4.69) is 10.2 Å². The quantitative estimate of drug-likeness (QED) is 0.410. The standard InChI is InChI=1S/C14H28N2O2.C2H2O4/c17-14(12-16-7-9-18-10-8-16)11-15-13-5-3-1-2-4-6-13;3-1(4)2(5)6/h13-15,17H,1-12H2;(H,3,4)(H,5,6). The summed E-state index contributed by atoms with van der Waals surface area (Å²) in [7, 11) is 0. The number of nitrogens with one attached hydrogen (secondary N) is 1. The molecule has 1 saturated heterocycles. The van der Waals surface area contributed by atoms with Crippen LogP contribution in [0.25, 0.3) is 0 Å². The van der Waals surface area contributed by atoms with Crippen molar-refractivity contribution in [2.45, 2.75) is 50.7 Å². The molecule has 1 heterocycles. The second-order valence-electron chi connectivity index (χ2n) is 6.27. The largest absolute Gasteiger partial charge is 0.473 e. The third-order valence-corrected chi connectivity index (χ3v) is 4.25. The van der Waals surface area contributed by atoms with E-state index in [1.807, 2.05) is 0 Å². The average Bonchev–Trinajstić information content (AvgIpc) is 2.83. The van der Waals surface area contributed by atoms with Crippen LogP contribution in [0.15, 0.2) is 0 Å². The van der Waals surface area contributed by atoms with Gasteiger partial charge in [-0.1, -0.05) is 25.7 Å². The van der Waals surface area contributed by atoms with Crippen molar-refractivity contribution in [1.29, 1.82) is 0 Å². The lowest BCUT2D eigenvalue weighted by Crippen LogP contribution is -2.45. The van der Waals surface area contributed by atoms with Gasteiger partial charge in [-0.2, -0.15) is 0 Å². The van der Waals surface area contributed by atoms with Crippen molar-refractivity contribution in [3.63, 3.8) is 0 Å². The van der Waals surface area contributed by atoms with Crippen LogP contribution in [-0.4, -0.2) is 83.7 Å². The van der Waals surface area contributed by atoms with Crippen molar-refractivity contribution < 1.29 is 29.6 Å². The highest BCUT2D eigenvalue weighted by Crippen LogP contribution is 2.17. The number of aliphatic hydroxyl groups is 1. The normalized spacial score (nSPS) is 21.2. The SMILES string of the molecule is O=C(O)C(=O)O.OC(CNC1CCCCCC1)CN1CCOCC1. The number of rotatable bonds is 5. The van der Waals surface area contributed by atoms with Crippen LogP contribution in [0.2, 0.25) is 0 Å². The van der Waals surface area contributed by atoms with Gasteiger partial charge in [-0.25, -0.2) is 9.59 Å². The van der Waals surface area contributed by atoms with Crippen LogP contribution < -0.4 is 5.32 Å². The summed E-state index contributed by atoms with van der Waals surface area (Å²) in [5.41, 5.74) is 0. The summed E-state index contributed by atoms with van der Waals surface area (Å²) < 4.78 is 5.31. The Labute approximate surface area is 142 Å². The molecule has 0 amide bonds. The Hall–Kier alpha value is -1.22. The zero-order chi connectivity index (χ0) is 17.8. The molecule has 24 heavy (non-hydrogen) atoms. The van der Waals surface area contributed by atoms with E-state index in [1.54, 1.807) is 0 Å². The van der Waals surface area contributed by atoms with Crippen molar-refractivity contribution in [3.05, 3.63) is 0 Å². The number of morpholine rings is 1. The molecule has 0 aromatic carbocycles. The smallest absolute Gasteiger partial charge is 0.414 e. The summed E-state index contributed by atoms with van der Waals surface area (Å²) in [4.78, 5) is 20.5. The fraction of sp³-hybridized carbons (Fsp3) is 0.875. The number of carboxylic acids is 2. The van der Waals surface area contributed by atoms with Gasteiger partial charge in [-0.15, -0.1) is 0 Å². The molecule has 8 nitrogen and oxygen atoms in total. The number of hydrogen-bond donors (Lipinski definition) is 4. The molecule has 0 aromatic rings. The lowest BCUT2D eigenvalue weighted by atomic mass is 10.1. The highest BCUT2D eigenvalue weighted by molar-refractivity contribution is 6.27. The van der Waals surface area contributed by atoms with Crippen molar-refractivity contribution in [2.24, 2.45) is 0 Å². The highest BCUT2D eigenvalue weighted by atomic mass is 16.5. The number of nitrogens with zero attached hydrogens (tertiary/aromatic N) is 1. The van der Waals surface area contributed by atoms with Gasteiger partial charge in [0.1, 0.15) is 0 Å². The van der Waals surface area contributed by atoms with Gasteiger partial charge in [0.15, 0.2) is 0 Å². The van der Waals surface area contributed by atoms with Crippen LogP contribution in [-0.2, 0) is 14.3 Å². The van der Waals surface area contributed by atoms with Crippen LogP contribution in [0.1, 0.15) is 38.5 Å².